The molecule has 0 spiro atoms. The van der Waals surface area contributed by atoms with Crippen LogP contribution in [-0.4, -0.2) is 36.6 Å². The third kappa shape index (κ3) is 4.72. The van der Waals surface area contributed by atoms with Crippen LogP contribution < -0.4 is 5.32 Å². The Bertz CT molecular complexity index is 925. The summed E-state index contributed by atoms with van der Waals surface area (Å²) >= 11 is 5.87. The zero-order valence-electron chi connectivity index (χ0n) is 14.9. The van der Waals surface area contributed by atoms with Gasteiger partial charge < -0.3 is 14.7 Å². The van der Waals surface area contributed by atoms with Crippen LogP contribution in [0.5, 0.6) is 0 Å². The zero-order valence-corrected chi connectivity index (χ0v) is 15.7. The molecular weight excluding hydrogens is 369 g/mol. The molecule has 1 heterocycles. The maximum absolute atomic E-state index is 13.5. The van der Waals surface area contributed by atoms with Crippen LogP contribution in [0, 0.1) is 5.82 Å². The fraction of sp³-hybridized carbons (Fsp3) is 0.200. The van der Waals surface area contributed by atoms with E-state index in [-0.39, 0.29) is 23.5 Å². The summed E-state index contributed by atoms with van der Waals surface area (Å²) in [5, 5.41) is 7.27. The molecule has 1 amide bonds. The highest BCUT2D eigenvalue weighted by atomic mass is 35.5. The molecular formula is C20H19ClFN3O2. The normalized spacial score (nSPS) is 12.2. The Morgan fingerprint density at radius 3 is 2.63 bits per heavy atom. The van der Waals surface area contributed by atoms with Crippen molar-refractivity contribution < 1.29 is 13.7 Å². The van der Waals surface area contributed by atoms with Crippen molar-refractivity contribution in [1.82, 2.24) is 15.4 Å². The molecule has 2 aromatic carbocycles. The van der Waals surface area contributed by atoms with E-state index in [1.54, 1.807) is 36.4 Å². The predicted octanol–water partition coefficient (Wildman–Crippen LogP) is 4.17. The summed E-state index contributed by atoms with van der Waals surface area (Å²) in [5.74, 6) is -0.192. The van der Waals surface area contributed by atoms with Gasteiger partial charge in [0.1, 0.15) is 5.82 Å². The zero-order chi connectivity index (χ0) is 19.4. The Kier molecular flexibility index (Phi) is 5.88. The monoisotopic (exact) mass is 387 g/mol. The highest BCUT2D eigenvalue weighted by Crippen LogP contribution is 2.23. The molecule has 5 nitrogen and oxygen atoms in total. The van der Waals surface area contributed by atoms with Gasteiger partial charge in [0.25, 0.3) is 5.91 Å². The summed E-state index contributed by atoms with van der Waals surface area (Å²) in [6.45, 7) is 0.304. The maximum atomic E-state index is 13.5. The summed E-state index contributed by atoms with van der Waals surface area (Å²) in [7, 11) is 3.74. The van der Waals surface area contributed by atoms with Gasteiger partial charge in [0.2, 0.25) is 0 Å². The van der Waals surface area contributed by atoms with E-state index in [9.17, 15) is 9.18 Å². The molecule has 7 heteroatoms. The lowest BCUT2D eigenvalue weighted by Crippen LogP contribution is -2.34. The van der Waals surface area contributed by atoms with Gasteiger partial charge in [0.05, 0.1) is 6.04 Å². The Morgan fingerprint density at radius 2 is 1.96 bits per heavy atom. The maximum Gasteiger partial charge on any atom is 0.273 e. The Balaban J connectivity index is 1.68. The second kappa shape index (κ2) is 8.33. The second-order valence-electron chi connectivity index (χ2n) is 6.33. The van der Waals surface area contributed by atoms with Crippen molar-refractivity contribution in [3.63, 3.8) is 0 Å². The van der Waals surface area contributed by atoms with Gasteiger partial charge in [-0.2, -0.15) is 0 Å². The summed E-state index contributed by atoms with van der Waals surface area (Å²) in [6.07, 6.45) is 0. The Morgan fingerprint density at radius 1 is 1.22 bits per heavy atom. The number of rotatable bonds is 6. The van der Waals surface area contributed by atoms with Gasteiger partial charge in [-0.1, -0.05) is 28.9 Å². The van der Waals surface area contributed by atoms with E-state index in [2.05, 4.69) is 10.5 Å². The van der Waals surface area contributed by atoms with E-state index in [1.165, 1.54) is 12.1 Å². The molecule has 0 saturated carbocycles. The number of likely N-dealkylation sites (N-methyl/N-ethyl adjacent to an activating group) is 1. The van der Waals surface area contributed by atoms with Crippen LogP contribution >= 0.6 is 11.6 Å². The third-order valence-electron chi connectivity index (χ3n) is 4.18. The molecule has 3 rings (SSSR count). The van der Waals surface area contributed by atoms with Crippen LogP contribution in [0.25, 0.3) is 11.3 Å². The minimum atomic E-state index is -0.359. The van der Waals surface area contributed by atoms with Crippen LogP contribution in [0.1, 0.15) is 22.1 Å². The van der Waals surface area contributed by atoms with E-state index in [1.807, 2.05) is 25.1 Å². The van der Waals surface area contributed by atoms with Crippen molar-refractivity contribution in [2.75, 3.05) is 20.6 Å². The average Bonchev–Trinajstić information content (AvgIpc) is 3.12. The lowest BCUT2D eigenvalue weighted by Gasteiger charge is -2.25. The van der Waals surface area contributed by atoms with E-state index in [4.69, 9.17) is 16.1 Å². The molecule has 3 aromatic rings. The Hall–Kier alpha value is -2.70. The molecule has 1 atom stereocenters. The van der Waals surface area contributed by atoms with E-state index in [0.29, 0.717) is 17.3 Å². The van der Waals surface area contributed by atoms with Gasteiger partial charge in [0.15, 0.2) is 11.5 Å². The minimum Gasteiger partial charge on any atom is -0.355 e. The van der Waals surface area contributed by atoms with Crippen molar-refractivity contribution in [2.24, 2.45) is 0 Å². The summed E-state index contributed by atoms with van der Waals surface area (Å²) in [4.78, 5) is 14.3. The van der Waals surface area contributed by atoms with Crippen LogP contribution in [0.15, 0.2) is 59.1 Å². The first-order valence-corrected chi connectivity index (χ1v) is 8.74. The fourth-order valence-corrected chi connectivity index (χ4v) is 2.85. The number of halogens is 2. The molecule has 0 bridgehead atoms. The van der Waals surface area contributed by atoms with Gasteiger partial charge in [-0.25, -0.2) is 4.39 Å². The molecule has 0 radical (unpaired) electrons. The molecule has 0 saturated heterocycles. The largest absolute Gasteiger partial charge is 0.355 e. The van der Waals surface area contributed by atoms with E-state index < -0.39 is 0 Å². The number of carbonyl (C=O) groups is 1. The van der Waals surface area contributed by atoms with Crippen LogP contribution in [0.3, 0.4) is 0 Å². The smallest absolute Gasteiger partial charge is 0.273 e. The fourth-order valence-electron chi connectivity index (χ4n) is 2.72. The lowest BCUT2D eigenvalue weighted by molar-refractivity contribution is 0.0933. The van der Waals surface area contributed by atoms with Crippen LogP contribution in [0.4, 0.5) is 4.39 Å². The number of aromatic nitrogens is 1. The second-order valence-corrected chi connectivity index (χ2v) is 6.76. The molecule has 0 aliphatic carbocycles. The van der Waals surface area contributed by atoms with Gasteiger partial charge in [0, 0.05) is 23.2 Å². The first-order chi connectivity index (χ1) is 12.9. The summed E-state index contributed by atoms with van der Waals surface area (Å²) in [6, 6.07) is 14.8. The number of hydrogen-bond donors (Lipinski definition) is 1. The highest BCUT2D eigenvalue weighted by Gasteiger charge is 2.18. The molecule has 1 aromatic heterocycles. The number of carbonyl (C=O) groups excluding carboxylic acids is 1. The summed E-state index contributed by atoms with van der Waals surface area (Å²) in [5.41, 5.74) is 1.73. The number of nitrogens with one attached hydrogen (secondary N) is 1. The summed E-state index contributed by atoms with van der Waals surface area (Å²) < 4.78 is 18.8. The van der Waals surface area contributed by atoms with Crippen molar-refractivity contribution in [1.29, 1.82) is 0 Å². The number of nitrogens with zero attached hydrogens (tertiary/aromatic N) is 2. The molecule has 0 fully saturated rings. The van der Waals surface area contributed by atoms with Gasteiger partial charge in [-0.05, 0) is 56.1 Å². The quantitative estimate of drug-likeness (QED) is 0.689. The molecule has 0 aliphatic heterocycles. The molecule has 1 N–H and O–H groups in total. The average molecular weight is 388 g/mol. The van der Waals surface area contributed by atoms with Gasteiger partial charge in [-0.3, -0.25) is 4.79 Å². The number of amides is 1. The third-order valence-corrected chi connectivity index (χ3v) is 4.44. The topological polar surface area (TPSA) is 58.4 Å². The number of benzene rings is 2. The van der Waals surface area contributed by atoms with E-state index in [0.717, 1.165) is 11.1 Å². The number of hydrogen-bond acceptors (Lipinski definition) is 4. The molecule has 1 unspecified atom stereocenters. The minimum absolute atomic E-state index is 0.174. The first kappa shape index (κ1) is 19.1. The van der Waals surface area contributed by atoms with Crippen molar-refractivity contribution in [2.45, 2.75) is 6.04 Å². The molecule has 0 aliphatic rings. The van der Waals surface area contributed by atoms with E-state index >= 15 is 0 Å². The Labute approximate surface area is 161 Å². The van der Waals surface area contributed by atoms with Crippen LogP contribution in [-0.2, 0) is 0 Å². The van der Waals surface area contributed by atoms with Gasteiger partial charge >= 0.3 is 0 Å². The van der Waals surface area contributed by atoms with Crippen LogP contribution in [0.2, 0.25) is 5.02 Å². The standard InChI is InChI=1S/C20H19ClFN3O2/c1-25(2)18(14-4-3-5-16(22)10-14)12-23-20(26)17-11-19(27-24-17)13-6-8-15(21)9-7-13/h3-11,18H,12H2,1-2H3,(H,23,26). The lowest BCUT2D eigenvalue weighted by atomic mass is 10.1. The van der Waals surface area contributed by atoms with Crippen molar-refractivity contribution in [3.05, 3.63) is 76.7 Å². The SMILES string of the molecule is CN(C)C(CNC(=O)c1cc(-c2ccc(Cl)cc2)on1)c1cccc(F)c1. The molecule has 140 valence electrons. The molecule has 27 heavy (non-hydrogen) atoms. The predicted molar refractivity (Wildman–Crippen MR) is 102 cm³/mol. The van der Waals surface area contributed by atoms with Crippen molar-refractivity contribution in [3.8, 4) is 11.3 Å². The van der Waals surface area contributed by atoms with Crippen molar-refractivity contribution >= 4 is 17.5 Å². The first-order valence-electron chi connectivity index (χ1n) is 8.37. The highest BCUT2D eigenvalue weighted by molar-refractivity contribution is 6.30. The van der Waals surface area contributed by atoms with Gasteiger partial charge in [-0.15, -0.1) is 0 Å².